The van der Waals surface area contributed by atoms with Crippen LogP contribution >= 0.6 is 46.3 Å². The van der Waals surface area contributed by atoms with Crippen molar-refractivity contribution >= 4 is 56.5 Å². The molecular weight excluding hydrogens is 507 g/mol. The van der Waals surface area contributed by atoms with Crippen LogP contribution in [0.1, 0.15) is 35.4 Å². The number of fused-ring (bicyclic) bond motifs is 3. The molecule has 2 aromatic heterocycles. The Morgan fingerprint density at radius 1 is 1.12 bits per heavy atom. The maximum atomic E-state index is 13.9. The number of aromatic nitrogens is 2. The Morgan fingerprint density at radius 3 is 2.68 bits per heavy atom. The smallest absolute Gasteiger partial charge is 0.263 e. The molecule has 0 aliphatic carbocycles. The normalized spacial score (nSPS) is 14.9. The minimum Gasteiger partial charge on any atom is -0.370 e. The third-order valence-corrected chi connectivity index (χ3v) is 8.86. The second kappa shape index (κ2) is 9.67. The summed E-state index contributed by atoms with van der Waals surface area (Å²) in [4.78, 5) is 20.8. The van der Waals surface area contributed by atoms with E-state index in [1.807, 2.05) is 34.9 Å². The van der Waals surface area contributed by atoms with E-state index in [1.165, 1.54) is 5.56 Å². The van der Waals surface area contributed by atoms with Gasteiger partial charge in [0.15, 0.2) is 5.16 Å². The number of aryl methyl sites for hydroxylation is 1. The fourth-order valence-corrected chi connectivity index (χ4v) is 6.61. The van der Waals surface area contributed by atoms with Crippen molar-refractivity contribution in [3.63, 3.8) is 0 Å². The lowest BCUT2D eigenvalue weighted by Gasteiger charge is -2.29. The second-order valence-corrected chi connectivity index (χ2v) is 11.9. The minimum absolute atomic E-state index is 0.0350. The molecule has 0 fully saturated rings. The number of thiophene rings is 1. The zero-order valence-corrected chi connectivity index (χ0v) is 22.1. The highest BCUT2D eigenvalue weighted by atomic mass is 35.5. The van der Waals surface area contributed by atoms with Crippen LogP contribution < -0.4 is 5.56 Å². The summed E-state index contributed by atoms with van der Waals surface area (Å²) < 4.78 is 7.84. The lowest BCUT2D eigenvalue weighted by atomic mass is 9.94. The molecule has 0 bridgehead atoms. The molecule has 0 N–H and O–H groups in total. The molecule has 0 spiro atoms. The quantitative estimate of drug-likeness (QED) is 0.196. The molecule has 1 aliphatic rings. The topological polar surface area (TPSA) is 44.1 Å². The Hall–Kier alpha value is -1.83. The van der Waals surface area contributed by atoms with Crippen LogP contribution in [0.2, 0.25) is 10.0 Å². The molecule has 2 aromatic carbocycles. The number of rotatable bonds is 6. The third-order valence-electron chi connectivity index (χ3n) is 5.97. The monoisotopic (exact) mass is 530 g/mol. The van der Waals surface area contributed by atoms with Gasteiger partial charge in [-0.2, -0.15) is 0 Å². The molecule has 0 amide bonds. The first-order valence-electron chi connectivity index (χ1n) is 11.1. The van der Waals surface area contributed by atoms with Crippen molar-refractivity contribution in [3.05, 3.63) is 90.5 Å². The summed E-state index contributed by atoms with van der Waals surface area (Å²) in [5, 5.41) is 2.53. The van der Waals surface area contributed by atoms with Gasteiger partial charge in [-0.1, -0.05) is 71.4 Å². The van der Waals surface area contributed by atoms with Gasteiger partial charge in [-0.05, 0) is 49.1 Å². The van der Waals surface area contributed by atoms with Gasteiger partial charge in [-0.15, -0.1) is 11.3 Å². The second-order valence-electron chi connectivity index (χ2n) is 9.03. The van der Waals surface area contributed by atoms with E-state index in [9.17, 15) is 4.79 Å². The van der Waals surface area contributed by atoms with E-state index in [4.69, 9.17) is 32.9 Å². The van der Waals surface area contributed by atoms with Crippen molar-refractivity contribution < 1.29 is 4.74 Å². The molecule has 8 heteroatoms. The number of benzene rings is 2. The highest BCUT2D eigenvalue weighted by molar-refractivity contribution is 7.98. The molecule has 0 atom stereocenters. The molecule has 34 heavy (non-hydrogen) atoms. The molecule has 0 saturated heterocycles. The first-order valence-corrected chi connectivity index (χ1v) is 13.7. The molecular formula is C26H24Cl2N2O2S2. The van der Waals surface area contributed by atoms with Gasteiger partial charge in [0, 0.05) is 23.6 Å². The van der Waals surface area contributed by atoms with Crippen molar-refractivity contribution in [3.8, 4) is 0 Å². The number of nitrogens with zero attached hydrogens (tertiary/aromatic N) is 2. The summed E-state index contributed by atoms with van der Waals surface area (Å²) in [6.45, 7) is 5.24. The van der Waals surface area contributed by atoms with Crippen molar-refractivity contribution in [1.29, 1.82) is 0 Å². The number of thioether (sulfide) groups is 1. The summed E-state index contributed by atoms with van der Waals surface area (Å²) in [5.41, 5.74) is 3.07. The molecule has 0 unspecified atom stereocenters. The molecule has 5 rings (SSSR count). The Balaban J connectivity index is 1.54. The molecule has 0 saturated carbocycles. The van der Waals surface area contributed by atoms with Crippen molar-refractivity contribution in [2.24, 2.45) is 0 Å². The van der Waals surface area contributed by atoms with Crippen LogP contribution in [0.3, 0.4) is 0 Å². The lowest BCUT2D eigenvalue weighted by Crippen LogP contribution is -2.32. The van der Waals surface area contributed by atoms with E-state index in [2.05, 4.69) is 26.0 Å². The summed E-state index contributed by atoms with van der Waals surface area (Å²) in [7, 11) is 0. The predicted molar refractivity (Wildman–Crippen MR) is 143 cm³/mol. The Kier molecular flexibility index (Phi) is 6.79. The summed E-state index contributed by atoms with van der Waals surface area (Å²) in [6.07, 6.45) is 1.48. The van der Waals surface area contributed by atoms with Crippen molar-refractivity contribution in [2.75, 3.05) is 0 Å². The summed E-state index contributed by atoms with van der Waals surface area (Å²) in [5.74, 6) is 0.640. The van der Waals surface area contributed by atoms with Crippen LogP contribution in [0.25, 0.3) is 10.2 Å². The van der Waals surface area contributed by atoms with E-state index in [0.29, 0.717) is 35.4 Å². The fraction of sp³-hybridized carbons (Fsp3) is 0.308. The van der Waals surface area contributed by atoms with Crippen molar-refractivity contribution in [1.82, 2.24) is 9.55 Å². The molecule has 3 heterocycles. The largest absolute Gasteiger partial charge is 0.370 e. The average molecular weight is 532 g/mol. The van der Waals surface area contributed by atoms with Crippen LogP contribution in [0.5, 0.6) is 0 Å². The van der Waals surface area contributed by atoms with Crippen LogP contribution in [0.4, 0.5) is 0 Å². The SMILES string of the molecule is CC1(C)Cc2c(sc3nc(SCc4ccc(Cl)c(Cl)c4)n(CCc4ccccc4)c(=O)c23)CO1. The number of halogens is 2. The Bertz CT molecular complexity index is 1410. The first kappa shape index (κ1) is 23.9. The van der Waals surface area contributed by atoms with Crippen LogP contribution in [0, 0.1) is 0 Å². The minimum atomic E-state index is -0.288. The zero-order chi connectivity index (χ0) is 23.9. The highest BCUT2D eigenvalue weighted by Gasteiger charge is 2.31. The van der Waals surface area contributed by atoms with E-state index < -0.39 is 0 Å². The zero-order valence-electron chi connectivity index (χ0n) is 18.9. The molecule has 176 valence electrons. The van der Waals surface area contributed by atoms with Gasteiger partial charge in [0.2, 0.25) is 0 Å². The lowest BCUT2D eigenvalue weighted by molar-refractivity contribution is -0.0379. The van der Waals surface area contributed by atoms with Crippen LogP contribution in [-0.4, -0.2) is 15.2 Å². The standard InChI is InChI=1S/C26H24Cl2N2O2S2/c1-26(2)13-18-21(14-32-26)34-23-22(18)24(31)30(11-10-16-6-4-3-5-7-16)25(29-23)33-15-17-8-9-19(27)20(28)12-17/h3-9,12H,10-11,13-15H2,1-2H3. The van der Waals surface area contributed by atoms with Gasteiger partial charge in [0.1, 0.15) is 4.83 Å². The van der Waals surface area contributed by atoms with E-state index >= 15 is 0 Å². The number of hydrogen-bond donors (Lipinski definition) is 0. The van der Waals surface area contributed by atoms with E-state index in [0.717, 1.165) is 37.8 Å². The highest BCUT2D eigenvalue weighted by Crippen LogP contribution is 2.38. The predicted octanol–water partition coefficient (Wildman–Crippen LogP) is 7.15. The Labute approximate surface area is 216 Å². The van der Waals surface area contributed by atoms with Gasteiger partial charge in [0.25, 0.3) is 5.56 Å². The maximum absolute atomic E-state index is 13.9. The molecule has 0 radical (unpaired) electrons. The number of ether oxygens (including phenoxy) is 1. The first-order chi connectivity index (χ1) is 16.3. The van der Waals surface area contributed by atoms with E-state index in [1.54, 1.807) is 29.2 Å². The van der Waals surface area contributed by atoms with Crippen LogP contribution in [0.15, 0.2) is 58.5 Å². The third kappa shape index (κ3) is 4.93. The summed E-state index contributed by atoms with van der Waals surface area (Å²) in [6, 6.07) is 15.9. The maximum Gasteiger partial charge on any atom is 0.263 e. The van der Waals surface area contributed by atoms with Gasteiger partial charge >= 0.3 is 0 Å². The van der Waals surface area contributed by atoms with Gasteiger partial charge in [-0.3, -0.25) is 9.36 Å². The number of hydrogen-bond acceptors (Lipinski definition) is 5. The molecule has 1 aliphatic heterocycles. The van der Waals surface area contributed by atoms with Gasteiger partial charge < -0.3 is 4.74 Å². The average Bonchev–Trinajstić information content (AvgIpc) is 3.16. The van der Waals surface area contributed by atoms with Crippen LogP contribution in [-0.2, 0) is 36.5 Å². The summed E-state index contributed by atoms with van der Waals surface area (Å²) >= 11 is 15.4. The van der Waals surface area contributed by atoms with E-state index in [-0.39, 0.29) is 11.2 Å². The Morgan fingerprint density at radius 2 is 1.91 bits per heavy atom. The van der Waals surface area contributed by atoms with Gasteiger partial charge in [-0.25, -0.2) is 4.98 Å². The molecule has 4 nitrogen and oxygen atoms in total. The van der Waals surface area contributed by atoms with Crippen molar-refractivity contribution in [2.45, 2.75) is 56.4 Å². The molecule has 4 aromatic rings. The fourth-order valence-electron chi connectivity index (χ4n) is 4.18. The van der Waals surface area contributed by atoms with Gasteiger partial charge in [0.05, 0.1) is 27.6 Å².